The molecule has 0 aromatic rings. The SMILES string of the molecule is CCCCCCCC[C@]1(CO)O[C@H](OC2[C@@H](CO)O[C@@H](OC3[C@@H](CO)O[C@@H](O)[C@H](N)[C@H]3O)[C@H](N)[C@H]2O)[C@H](N)[C@@H](O)[C@@H]1O. The van der Waals surface area contributed by atoms with Gasteiger partial charge in [0.2, 0.25) is 0 Å². The molecule has 0 radical (unpaired) electrons. The van der Waals surface area contributed by atoms with Gasteiger partial charge in [-0.15, -0.1) is 0 Å². The molecule has 3 aliphatic heterocycles. The first kappa shape index (κ1) is 35.8. The van der Waals surface area contributed by atoms with Crippen LogP contribution in [-0.2, 0) is 23.7 Å². The Morgan fingerprint density at radius 3 is 1.79 bits per heavy atom. The van der Waals surface area contributed by atoms with Gasteiger partial charge in [-0.05, 0) is 6.42 Å². The molecule has 0 aliphatic carbocycles. The maximum atomic E-state index is 11.1. The molecule has 0 bridgehead atoms. The van der Waals surface area contributed by atoms with Crippen LogP contribution in [0.15, 0.2) is 0 Å². The van der Waals surface area contributed by atoms with E-state index in [0.717, 1.165) is 32.1 Å². The standard InChI is InChI=1S/C26H51N3O13/c1-2-3-4-5-6-7-8-26(11-32)22(36)19(35)16(29)25(42-26)41-21-13(10-31)39-24(15(28)18(21)34)40-20-12(9-30)38-23(37)14(27)17(20)33/h12-25,30-37H,2-11,27-29H2,1H3/t12-,13-,14-,15-,16-,17-,18-,19-,20?,21?,22+,23-,24+,25+,26-/m1/s1. The molecule has 248 valence electrons. The Balaban J connectivity index is 1.71. The molecule has 16 nitrogen and oxygen atoms in total. The van der Waals surface area contributed by atoms with Crippen LogP contribution < -0.4 is 17.2 Å². The van der Waals surface area contributed by atoms with E-state index in [-0.39, 0.29) is 6.42 Å². The summed E-state index contributed by atoms with van der Waals surface area (Å²) in [6.07, 6.45) is -9.89. The number of aliphatic hydroxyl groups is 8. The van der Waals surface area contributed by atoms with Gasteiger partial charge in [0.05, 0.1) is 37.9 Å². The summed E-state index contributed by atoms with van der Waals surface area (Å²) in [4.78, 5) is 0. The van der Waals surface area contributed by atoms with Gasteiger partial charge in [0, 0.05) is 0 Å². The largest absolute Gasteiger partial charge is 0.394 e. The number of rotatable bonds is 14. The third-order valence-corrected chi connectivity index (χ3v) is 8.55. The van der Waals surface area contributed by atoms with Crippen LogP contribution in [0, 0.1) is 0 Å². The Morgan fingerprint density at radius 1 is 0.667 bits per heavy atom. The van der Waals surface area contributed by atoms with Crippen LogP contribution in [0.2, 0.25) is 0 Å². The van der Waals surface area contributed by atoms with Crippen LogP contribution in [0.3, 0.4) is 0 Å². The fraction of sp³-hybridized carbons (Fsp3) is 1.00. The van der Waals surface area contributed by atoms with Crippen molar-refractivity contribution >= 4 is 0 Å². The second-order valence-corrected chi connectivity index (χ2v) is 11.6. The van der Waals surface area contributed by atoms with Crippen LogP contribution in [-0.4, -0.2) is 152 Å². The molecule has 0 aromatic carbocycles. The smallest absolute Gasteiger partial charge is 0.176 e. The summed E-state index contributed by atoms with van der Waals surface area (Å²) in [7, 11) is 0. The van der Waals surface area contributed by atoms with Crippen molar-refractivity contribution in [1.29, 1.82) is 0 Å². The van der Waals surface area contributed by atoms with Crippen LogP contribution in [0.5, 0.6) is 0 Å². The third kappa shape index (κ3) is 7.77. The number of unbranched alkanes of at least 4 members (excludes halogenated alkanes) is 5. The van der Waals surface area contributed by atoms with E-state index >= 15 is 0 Å². The summed E-state index contributed by atoms with van der Waals surface area (Å²) < 4.78 is 28.6. The highest BCUT2D eigenvalue weighted by molar-refractivity contribution is 5.03. The Hall–Kier alpha value is -0.640. The lowest BCUT2D eigenvalue weighted by Gasteiger charge is -2.51. The van der Waals surface area contributed by atoms with Crippen molar-refractivity contribution in [2.45, 2.75) is 143 Å². The molecule has 14 N–H and O–H groups in total. The Kier molecular flexibility index (Phi) is 13.7. The topological polar surface area (TPSA) is 286 Å². The van der Waals surface area contributed by atoms with E-state index in [1.165, 1.54) is 0 Å². The van der Waals surface area contributed by atoms with Crippen molar-refractivity contribution in [1.82, 2.24) is 0 Å². The van der Waals surface area contributed by atoms with E-state index in [9.17, 15) is 40.9 Å². The molecule has 42 heavy (non-hydrogen) atoms. The fourth-order valence-electron chi connectivity index (χ4n) is 5.76. The monoisotopic (exact) mass is 613 g/mol. The van der Waals surface area contributed by atoms with E-state index in [1.807, 2.05) is 0 Å². The van der Waals surface area contributed by atoms with Crippen molar-refractivity contribution in [3.63, 3.8) is 0 Å². The van der Waals surface area contributed by atoms with Gasteiger partial charge >= 0.3 is 0 Å². The molecule has 3 heterocycles. The average Bonchev–Trinajstić information content (AvgIpc) is 2.99. The number of hydrogen-bond acceptors (Lipinski definition) is 16. The van der Waals surface area contributed by atoms with E-state index < -0.39 is 111 Å². The van der Waals surface area contributed by atoms with Gasteiger partial charge in [-0.3, -0.25) is 0 Å². The van der Waals surface area contributed by atoms with Crippen LogP contribution in [0.4, 0.5) is 0 Å². The van der Waals surface area contributed by atoms with Crippen LogP contribution in [0.25, 0.3) is 0 Å². The molecular formula is C26H51N3O13. The highest BCUT2D eigenvalue weighted by atomic mass is 16.7. The fourth-order valence-corrected chi connectivity index (χ4v) is 5.76. The lowest BCUT2D eigenvalue weighted by atomic mass is 9.82. The summed E-state index contributed by atoms with van der Waals surface area (Å²) in [5.74, 6) is 0. The molecular weight excluding hydrogens is 562 g/mol. The summed E-state index contributed by atoms with van der Waals surface area (Å²) in [5.41, 5.74) is 16.5. The number of aliphatic hydroxyl groups excluding tert-OH is 8. The predicted octanol–water partition coefficient (Wildman–Crippen LogP) is -4.55. The van der Waals surface area contributed by atoms with Gasteiger partial charge in [-0.1, -0.05) is 45.4 Å². The van der Waals surface area contributed by atoms with Gasteiger partial charge in [-0.2, -0.15) is 0 Å². The van der Waals surface area contributed by atoms with E-state index in [2.05, 4.69) is 6.92 Å². The average molecular weight is 614 g/mol. The molecule has 0 spiro atoms. The first-order valence-electron chi connectivity index (χ1n) is 14.8. The second-order valence-electron chi connectivity index (χ2n) is 11.6. The molecule has 0 saturated carbocycles. The Bertz CT molecular complexity index is 801. The van der Waals surface area contributed by atoms with Crippen molar-refractivity contribution in [3.8, 4) is 0 Å². The van der Waals surface area contributed by atoms with Crippen molar-refractivity contribution in [2.75, 3.05) is 19.8 Å². The van der Waals surface area contributed by atoms with E-state index in [4.69, 9.17) is 40.9 Å². The van der Waals surface area contributed by atoms with Crippen molar-refractivity contribution < 1.29 is 64.5 Å². The summed E-state index contributed by atoms with van der Waals surface area (Å²) >= 11 is 0. The highest BCUT2D eigenvalue weighted by Gasteiger charge is 2.55. The van der Waals surface area contributed by atoms with Gasteiger partial charge in [0.15, 0.2) is 18.9 Å². The normalized spacial score (nSPS) is 46.6. The Morgan fingerprint density at radius 2 is 1.19 bits per heavy atom. The minimum absolute atomic E-state index is 0.206. The molecule has 2 unspecified atom stereocenters. The maximum absolute atomic E-state index is 11.1. The molecule has 3 aliphatic rings. The molecule has 3 fully saturated rings. The highest BCUT2D eigenvalue weighted by Crippen LogP contribution is 2.36. The minimum Gasteiger partial charge on any atom is -0.394 e. The summed E-state index contributed by atoms with van der Waals surface area (Å²) in [6.45, 7) is 0.124. The zero-order chi connectivity index (χ0) is 31.2. The van der Waals surface area contributed by atoms with E-state index in [1.54, 1.807) is 0 Å². The van der Waals surface area contributed by atoms with Crippen LogP contribution in [0.1, 0.15) is 51.9 Å². The molecule has 15 atom stereocenters. The second kappa shape index (κ2) is 16.1. The maximum Gasteiger partial charge on any atom is 0.176 e. The number of ether oxygens (including phenoxy) is 5. The van der Waals surface area contributed by atoms with Crippen molar-refractivity contribution in [3.05, 3.63) is 0 Å². The Labute approximate surface area is 245 Å². The quantitative estimate of drug-likeness (QED) is 0.0822. The molecule has 3 rings (SSSR count). The third-order valence-electron chi connectivity index (χ3n) is 8.55. The molecule has 0 amide bonds. The van der Waals surface area contributed by atoms with Crippen LogP contribution >= 0.6 is 0 Å². The summed E-state index contributed by atoms with van der Waals surface area (Å²) in [5, 5.41) is 83.0. The van der Waals surface area contributed by atoms with Gasteiger partial charge < -0.3 is 81.7 Å². The zero-order valence-corrected chi connectivity index (χ0v) is 24.0. The minimum atomic E-state index is -1.59. The number of hydrogen-bond donors (Lipinski definition) is 11. The van der Waals surface area contributed by atoms with E-state index in [0.29, 0.717) is 6.42 Å². The summed E-state index contributed by atoms with van der Waals surface area (Å²) in [6, 6.07) is -3.91. The first-order chi connectivity index (χ1) is 20.0. The lowest BCUT2D eigenvalue weighted by molar-refractivity contribution is -0.361. The van der Waals surface area contributed by atoms with Gasteiger partial charge in [0.25, 0.3) is 0 Å². The lowest BCUT2D eigenvalue weighted by Crippen LogP contribution is -2.71. The number of nitrogens with two attached hydrogens (primary N) is 3. The molecule has 3 saturated heterocycles. The predicted molar refractivity (Wildman–Crippen MR) is 144 cm³/mol. The molecule has 0 aromatic heterocycles. The first-order valence-corrected chi connectivity index (χ1v) is 14.8. The van der Waals surface area contributed by atoms with Gasteiger partial charge in [-0.25, -0.2) is 0 Å². The van der Waals surface area contributed by atoms with Crippen molar-refractivity contribution in [2.24, 2.45) is 17.2 Å². The zero-order valence-electron chi connectivity index (χ0n) is 24.0. The van der Waals surface area contributed by atoms with Gasteiger partial charge in [0.1, 0.15) is 54.4 Å². The molecule has 16 heteroatoms.